The smallest absolute Gasteiger partial charge is 0.253 e. The van der Waals surface area contributed by atoms with E-state index in [1.54, 1.807) is 19.0 Å². The second-order valence-corrected chi connectivity index (χ2v) is 5.43. The molecule has 1 amide bonds. The third-order valence-electron chi connectivity index (χ3n) is 3.55. The van der Waals surface area contributed by atoms with Gasteiger partial charge in [-0.05, 0) is 43.2 Å². The summed E-state index contributed by atoms with van der Waals surface area (Å²) in [6.07, 6.45) is 4.22. The van der Waals surface area contributed by atoms with E-state index in [-0.39, 0.29) is 5.91 Å². The number of benzene rings is 1. The second kappa shape index (κ2) is 6.48. The lowest BCUT2D eigenvalue weighted by molar-refractivity contribution is 0.0827. The largest absolute Gasteiger partial charge is 0.381 e. The number of aromatic nitrogens is 1. The third kappa shape index (κ3) is 3.66. The lowest BCUT2D eigenvalue weighted by atomic mass is 10.1. The van der Waals surface area contributed by atoms with E-state index in [1.807, 2.05) is 25.1 Å². The summed E-state index contributed by atoms with van der Waals surface area (Å²) >= 11 is 0. The minimum Gasteiger partial charge on any atom is -0.381 e. The predicted octanol–water partition coefficient (Wildman–Crippen LogP) is 3.13. The van der Waals surface area contributed by atoms with Crippen molar-refractivity contribution in [3.63, 3.8) is 0 Å². The van der Waals surface area contributed by atoms with Gasteiger partial charge in [-0.3, -0.25) is 4.79 Å². The van der Waals surface area contributed by atoms with E-state index in [2.05, 4.69) is 35.3 Å². The molecule has 0 aliphatic heterocycles. The highest BCUT2D eigenvalue weighted by molar-refractivity contribution is 5.95. The fourth-order valence-electron chi connectivity index (χ4n) is 2.19. The molecule has 2 rings (SSSR count). The molecule has 1 aromatic carbocycles. The molecule has 4 nitrogen and oxygen atoms in total. The summed E-state index contributed by atoms with van der Waals surface area (Å²) in [5, 5.41) is 3.42. The van der Waals surface area contributed by atoms with Crippen molar-refractivity contribution in [2.45, 2.75) is 26.9 Å². The molecule has 0 aliphatic rings. The normalized spacial score (nSPS) is 10.5. The highest BCUT2D eigenvalue weighted by Gasteiger charge is 2.09. The van der Waals surface area contributed by atoms with Crippen molar-refractivity contribution < 1.29 is 4.79 Å². The Kier molecular flexibility index (Phi) is 4.68. The number of nitrogens with zero attached hydrogens (tertiary/aromatic N) is 2. The summed E-state index contributed by atoms with van der Waals surface area (Å²) in [5.41, 5.74) is 4.09. The Morgan fingerprint density at radius 2 is 2.05 bits per heavy atom. The molecule has 0 fully saturated rings. The molecule has 0 bridgehead atoms. The van der Waals surface area contributed by atoms with Gasteiger partial charge in [0.15, 0.2) is 0 Å². The number of nitrogens with one attached hydrogen (secondary N) is 1. The van der Waals surface area contributed by atoms with Crippen molar-refractivity contribution in [1.82, 2.24) is 9.47 Å². The highest BCUT2D eigenvalue weighted by atomic mass is 16.2. The minimum atomic E-state index is 0.0233. The molecule has 1 heterocycles. The summed E-state index contributed by atoms with van der Waals surface area (Å²) in [7, 11) is 3.53. The van der Waals surface area contributed by atoms with Crippen molar-refractivity contribution in [3.05, 3.63) is 53.3 Å². The lowest BCUT2D eigenvalue weighted by Crippen LogP contribution is -2.21. The Morgan fingerprint density at radius 1 is 1.29 bits per heavy atom. The fourth-order valence-corrected chi connectivity index (χ4v) is 2.19. The Hall–Kier alpha value is -2.23. The summed E-state index contributed by atoms with van der Waals surface area (Å²) in [4.78, 5) is 13.6. The van der Waals surface area contributed by atoms with Gasteiger partial charge in [0.25, 0.3) is 5.91 Å². The molecule has 0 radical (unpaired) electrons. The van der Waals surface area contributed by atoms with Crippen LogP contribution in [0, 0.1) is 6.92 Å². The Bertz CT molecular complexity index is 629. The van der Waals surface area contributed by atoms with Gasteiger partial charge in [-0.25, -0.2) is 0 Å². The van der Waals surface area contributed by atoms with Gasteiger partial charge in [0.05, 0.1) is 0 Å². The third-order valence-corrected chi connectivity index (χ3v) is 3.55. The maximum atomic E-state index is 12.0. The van der Waals surface area contributed by atoms with Crippen LogP contribution in [0.25, 0.3) is 0 Å². The van der Waals surface area contributed by atoms with Crippen molar-refractivity contribution in [2.24, 2.45) is 0 Å². The number of hydrogen-bond acceptors (Lipinski definition) is 2. The van der Waals surface area contributed by atoms with Crippen LogP contribution in [0.4, 0.5) is 5.69 Å². The molecule has 0 aliphatic carbocycles. The van der Waals surface area contributed by atoms with Crippen molar-refractivity contribution in [1.29, 1.82) is 0 Å². The Morgan fingerprint density at radius 3 is 2.67 bits per heavy atom. The summed E-state index contributed by atoms with van der Waals surface area (Å²) in [5.74, 6) is 0.0233. The van der Waals surface area contributed by atoms with Crippen LogP contribution in [0.1, 0.15) is 28.4 Å². The zero-order valence-corrected chi connectivity index (χ0v) is 13.2. The van der Waals surface area contributed by atoms with Gasteiger partial charge in [0.1, 0.15) is 0 Å². The molecule has 0 spiro atoms. The van der Waals surface area contributed by atoms with Gasteiger partial charge in [-0.15, -0.1) is 0 Å². The number of carbonyl (C=O) groups excluding carboxylic acids is 1. The van der Waals surface area contributed by atoms with Gasteiger partial charge in [-0.2, -0.15) is 0 Å². The van der Waals surface area contributed by atoms with Crippen LogP contribution in [-0.4, -0.2) is 29.5 Å². The van der Waals surface area contributed by atoms with Crippen LogP contribution >= 0.6 is 0 Å². The first-order chi connectivity index (χ1) is 10.0. The molecular formula is C17H23N3O. The standard InChI is InChI=1S/C17H23N3O/c1-5-20-9-8-14(12-20)11-18-16-10-15(7-6-13(16)2)17(21)19(3)4/h6-10,12,18H,5,11H2,1-4H3. The van der Waals surface area contributed by atoms with Gasteiger partial charge >= 0.3 is 0 Å². The van der Waals surface area contributed by atoms with Crippen LogP contribution in [0.3, 0.4) is 0 Å². The van der Waals surface area contributed by atoms with E-state index in [1.165, 1.54) is 5.56 Å². The van der Waals surface area contributed by atoms with Gasteiger partial charge in [0.2, 0.25) is 0 Å². The molecule has 1 aromatic heterocycles. The number of rotatable bonds is 5. The average Bonchev–Trinajstić information content (AvgIpc) is 2.93. The SMILES string of the molecule is CCn1ccc(CNc2cc(C(=O)N(C)C)ccc2C)c1. The summed E-state index contributed by atoms with van der Waals surface area (Å²) < 4.78 is 2.15. The molecule has 0 unspecified atom stereocenters. The first-order valence-electron chi connectivity index (χ1n) is 7.22. The molecule has 0 atom stereocenters. The van der Waals surface area contributed by atoms with Crippen molar-refractivity contribution in [3.8, 4) is 0 Å². The maximum absolute atomic E-state index is 12.0. The number of amides is 1. The van der Waals surface area contributed by atoms with Crippen LogP contribution in [0.15, 0.2) is 36.7 Å². The van der Waals surface area contributed by atoms with E-state index in [4.69, 9.17) is 0 Å². The molecule has 21 heavy (non-hydrogen) atoms. The fraction of sp³-hybridized carbons (Fsp3) is 0.353. The quantitative estimate of drug-likeness (QED) is 0.916. The number of hydrogen-bond donors (Lipinski definition) is 1. The van der Waals surface area contributed by atoms with E-state index in [0.717, 1.165) is 24.3 Å². The molecule has 112 valence electrons. The van der Waals surface area contributed by atoms with E-state index in [0.29, 0.717) is 5.56 Å². The molecule has 0 saturated heterocycles. The Labute approximate surface area is 126 Å². The first kappa shape index (κ1) is 15.2. The van der Waals surface area contributed by atoms with Crippen molar-refractivity contribution in [2.75, 3.05) is 19.4 Å². The van der Waals surface area contributed by atoms with Crippen molar-refractivity contribution >= 4 is 11.6 Å². The topological polar surface area (TPSA) is 37.3 Å². The van der Waals surface area contributed by atoms with Crippen LogP contribution in [-0.2, 0) is 13.1 Å². The molecule has 2 aromatic rings. The Balaban J connectivity index is 2.11. The van der Waals surface area contributed by atoms with Crippen LogP contribution in [0.5, 0.6) is 0 Å². The predicted molar refractivity (Wildman–Crippen MR) is 86.6 cm³/mol. The molecule has 1 N–H and O–H groups in total. The first-order valence-corrected chi connectivity index (χ1v) is 7.22. The number of anilines is 1. The average molecular weight is 285 g/mol. The maximum Gasteiger partial charge on any atom is 0.253 e. The van der Waals surface area contributed by atoms with Crippen LogP contribution < -0.4 is 5.32 Å². The van der Waals surface area contributed by atoms with Crippen LogP contribution in [0.2, 0.25) is 0 Å². The van der Waals surface area contributed by atoms with E-state index < -0.39 is 0 Å². The zero-order valence-electron chi connectivity index (χ0n) is 13.2. The molecule has 4 heteroatoms. The summed E-state index contributed by atoms with van der Waals surface area (Å²) in [6, 6.07) is 7.89. The zero-order chi connectivity index (χ0) is 15.4. The van der Waals surface area contributed by atoms with E-state index in [9.17, 15) is 4.79 Å². The van der Waals surface area contributed by atoms with Gasteiger partial charge in [-0.1, -0.05) is 6.07 Å². The van der Waals surface area contributed by atoms with Gasteiger partial charge < -0.3 is 14.8 Å². The van der Waals surface area contributed by atoms with Gasteiger partial charge in [0, 0.05) is 50.8 Å². The van der Waals surface area contributed by atoms with E-state index >= 15 is 0 Å². The minimum absolute atomic E-state index is 0.0233. The number of carbonyl (C=O) groups is 1. The summed E-state index contributed by atoms with van der Waals surface area (Å²) in [6.45, 7) is 5.90. The lowest BCUT2D eigenvalue weighted by Gasteiger charge is -2.14. The monoisotopic (exact) mass is 285 g/mol. The highest BCUT2D eigenvalue weighted by Crippen LogP contribution is 2.19. The number of aryl methyl sites for hydroxylation is 2. The second-order valence-electron chi connectivity index (χ2n) is 5.43. The molecular weight excluding hydrogens is 262 g/mol. The molecule has 0 saturated carbocycles.